The first kappa shape index (κ1) is 142. The minimum atomic E-state index is -1.14. The molecule has 0 saturated heterocycles. The molecule has 0 radical (unpaired) electrons. The standard InChI is InChI=1S/C34H67N3O12.C23H47N3O4.C22H45N3O5.C21H43N3O2.2CH4/c1-33(2,3)31(40)37(14-13-36(7)34(4,5)6)12-10-9-11-29(30(38)39)35-32(41)49-28-27-48-26-25-47-24-23-46-22-21-45-20-19-44-18-17-43-16-15-42-8;1-22(2,3)21(29)26(15-14-25(7)23(4,5)6)13-9-8-11-19(24)20(28)12-10-17-30-18-16-27;1-21(2,3)20(29)25(14-13-24(7)22(4,5)6)12-9-8-10-18(19(27)28)23-11-16-30-17-15-26;1-17(25)18(22(8)9)13-11-12-14-24(19(26)20(2,3)4)16-15-23(10)21(5,6)7;;/h29H,9-28H2,1-8H3,(H,35,41)(H,38,39);19,27H,8-18,24H2,1-7H3;18,23,26H,8-17H2,1-7H3,(H,27,28);18H,11-16H2,1-10H3;2*1H4/t29-;19-;2*18-;;/m0000../s1. The first-order valence-electron chi connectivity index (χ1n) is 49.4. The predicted octanol–water partition coefficient (Wildman–Crippen LogP) is 11.5. The number of aliphatic hydroxyl groups excluding tert-OH is 2. The lowest BCUT2D eigenvalue weighted by Crippen LogP contribution is -2.47. The molecule has 137 heavy (non-hydrogen) atoms. The summed E-state index contributed by atoms with van der Waals surface area (Å²) in [5, 5.41) is 41.7. The number of unbranched alkanes of at least 4 members (excludes halogenated alkanes) is 4. The van der Waals surface area contributed by atoms with Gasteiger partial charge in [0.15, 0.2) is 0 Å². The number of nitrogens with two attached hydrogens (primary N) is 1. The topological polar surface area (TPSA) is 406 Å². The Balaban J connectivity index is -0.000000430. The molecular formula is C102H210N12O23. The SMILES string of the molecule is C.C.CC(=O)[C@H](CCCCN(CCN(C)C(C)(C)C)C(=O)C(C)(C)C)N(C)C.CN(CCN(CCCC[C@H](N)C(=O)CCCOCCO)C(=O)C(C)(C)C)C(C)(C)C.CN(CCN(CCCC[C@H](NCCOCCO)C(=O)O)C(=O)C(C)(C)C)C(C)(C)C.COCCOCCOCCOCCOCCOCCOCCOC(=O)N[C@@H](CCCCN(CCN(C)C(C)(C)C)C(=O)C(C)(C)C)C(=O)O. The molecule has 0 aromatic heterocycles. The Kier molecular flexibility index (Phi) is 81.3. The lowest BCUT2D eigenvalue weighted by Gasteiger charge is -2.36. The van der Waals surface area contributed by atoms with E-state index in [1.165, 1.54) is 0 Å². The average Bonchev–Trinajstić information content (AvgIpc) is 0.865. The van der Waals surface area contributed by atoms with Crippen molar-refractivity contribution in [3.63, 3.8) is 0 Å². The fourth-order valence-corrected chi connectivity index (χ4v) is 12.6. The fourth-order valence-electron chi connectivity index (χ4n) is 12.6. The molecule has 0 unspecified atom stereocenters. The molecule has 0 rings (SSSR count). The van der Waals surface area contributed by atoms with Gasteiger partial charge in [-0.15, -0.1) is 0 Å². The first-order chi connectivity index (χ1) is 62.5. The van der Waals surface area contributed by atoms with Gasteiger partial charge in [0, 0.05) is 149 Å². The molecule has 0 bridgehead atoms. The number of nitrogens with zero attached hydrogens (tertiary/aromatic N) is 9. The zero-order valence-electron chi connectivity index (χ0n) is 91.2. The Hall–Kier alpha value is -5.29. The summed E-state index contributed by atoms with van der Waals surface area (Å²) in [4.78, 5) is 129. The molecule has 0 aromatic rings. The summed E-state index contributed by atoms with van der Waals surface area (Å²) in [5.74, 6) is -1.21. The minimum absolute atomic E-state index is 0. The van der Waals surface area contributed by atoms with Gasteiger partial charge in [0.25, 0.3) is 0 Å². The van der Waals surface area contributed by atoms with Crippen LogP contribution in [0.4, 0.5) is 4.79 Å². The molecule has 5 amide bonds. The van der Waals surface area contributed by atoms with Crippen molar-refractivity contribution in [1.29, 1.82) is 0 Å². The quantitative estimate of drug-likeness (QED) is 0.0278. The average molecular weight is 1970 g/mol. The van der Waals surface area contributed by atoms with Crippen molar-refractivity contribution in [3.8, 4) is 0 Å². The van der Waals surface area contributed by atoms with Gasteiger partial charge in [-0.3, -0.25) is 58.1 Å². The molecule has 4 atom stereocenters. The third kappa shape index (κ3) is 77.0. The second-order valence-electron chi connectivity index (χ2n) is 43.1. The molecule has 8 N–H and O–H groups in total. The van der Waals surface area contributed by atoms with E-state index < -0.39 is 52.4 Å². The van der Waals surface area contributed by atoms with E-state index in [-0.39, 0.29) is 123 Å². The van der Waals surface area contributed by atoms with E-state index in [0.29, 0.717) is 190 Å². The van der Waals surface area contributed by atoms with Crippen molar-refractivity contribution in [3.05, 3.63) is 0 Å². The molecular weight excluding hydrogens is 1760 g/mol. The number of rotatable bonds is 71. The smallest absolute Gasteiger partial charge is 0.407 e. The van der Waals surface area contributed by atoms with E-state index in [0.717, 1.165) is 77.8 Å². The Morgan fingerprint density at radius 2 is 0.599 bits per heavy atom. The molecule has 0 aromatic carbocycles. The highest BCUT2D eigenvalue weighted by Crippen LogP contribution is 2.25. The lowest BCUT2D eigenvalue weighted by molar-refractivity contribution is -0.141. The van der Waals surface area contributed by atoms with Crippen LogP contribution in [-0.4, -0.2) is 431 Å². The fraction of sp³-hybridized carbons (Fsp3) is 0.912. The third-order valence-corrected chi connectivity index (χ3v) is 22.8. The highest BCUT2D eigenvalue weighted by Gasteiger charge is 2.34. The van der Waals surface area contributed by atoms with Gasteiger partial charge >= 0.3 is 18.0 Å². The van der Waals surface area contributed by atoms with Gasteiger partial charge < -0.3 is 104 Å². The molecule has 0 aliphatic rings. The summed E-state index contributed by atoms with van der Waals surface area (Å²) in [6.45, 7) is 66.7. The number of carboxylic acids is 2. The van der Waals surface area contributed by atoms with E-state index in [4.69, 9.17) is 63.3 Å². The van der Waals surface area contributed by atoms with Crippen LogP contribution in [0.25, 0.3) is 0 Å². The number of aliphatic carboxylic acids is 2. The van der Waals surface area contributed by atoms with Crippen molar-refractivity contribution in [2.45, 2.75) is 324 Å². The largest absolute Gasteiger partial charge is 0.480 e. The van der Waals surface area contributed by atoms with Crippen LogP contribution in [0.1, 0.15) is 278 Å². The van der Waals surface area contributed by atoms with E-state index >= 15 is 0 Å². The third-order valence-electron chi connectivity index (χ3n) is 22.8. The second-order valence-corrected chi connectivity index (χ2v) is 43.1. The van der Waals surface area contributed by atoms with Gasteiger partial charge in [-0.2, -0.15) is 0 Å². The van der Waals surface area contributed by atoms with Gasteiger partial charge in [0.2, 0.25) is 23.6 Å². The maximum absolute atomic E-state index is 13.0. The summed E-state index contributed by atoms with van der Waals surface area (Å²) < 4.78 is 52.6. The number of hydrogen-bond donors (Lipinski definition) is 7. The molecule has 35 nitrogen and oxygen atoms in total. The number of aliphatic hydroxyl groups is 2. The highest BCUT2D eigenvalue weighted by atomic mass is 16.6. The van der Waals surface area contributed by atoms with Crippen LogP contribution in [0.3, 0.4) is 0 Å². The number of carbonyl (C=O) groups is 9. The molecule has 0 aliphatic carbocycles. The maximum Gasteiger partial charge on any atom is 0.407 e. The molecule has 0 fully saturated rings. The summed E-state index contributed by atoms with van der Waals surface area (Å²) in [7, 11) is 13.8. The van der Waals surface area contributed by atoms with Crippen LogP contribution < -0.4 is 16.4 Å². The number of methoxy groups -OCH3 is 1. The molecule has 816 valence electrons. The number of nitrogens with one attached hydrogen (secondary N) is 2. The molecule has 0 aliphatic heterocycles. The van der Waals surface area contributed by atoms with Gasteiger partial charge in [-0.25, -0.2) is 9.59 Å². The Morgan fingerprint density at radius 3 is 0.869 bits per heavy atom. The first-order valence-corrected chi connectivity index (χ1v) is 49.4. The van der Waals surface area contributed by atoms with Crippen molar-refractivity contribution in [2.24, 2.45) is 27.4 Å². The van der Waals surface area contributed by atoms with Crippen molar-refractivity contribution in [1.82, 2.24) is 54.7 Å². The Morgan fingerprint density at radius 1 is 0.328 bits per heavy atom. The second kappa shape index (κ2) is 78.2. The highest BCUT2D eigenvalue weighted by molar-refractivity contribution is 5.85. The minimum Gasteiger partial charge on any atom is -0.480 e. The zero-order chi connectivity index (χ0) is 104. The van der Waals surface area contributed by atoms with Gasteiger partial charge in [-0.1, -0.05) is 97.9 Å². The summed E-state index contributed by atoms with van der Waals surface area (Å²) in [5.41, 5.74) is 4.47. The van der Waals surface area contributed by atoms with Crippen LogP contribution in [0.15, 0.2) is 0 Å². The molecule has 35 heteroatoms. The van der Waals surface area contributed by atoms with Crippen LogP contribution in [0, 0.1) is 21.7 Å². The Labute approximate surface area is 833 Å². The summed E-state index contributed by atoms with van der Waals surface area (Å²) in [6.07, 6.45) is 8.54. The van der Waals surface area contributed by atoms with Crippen molar-refractivity contribution >= 4 is 53.2 Å². The van der Waals surface area contributed by atoms with E-state index in [2.05, 4.69) is 134 Å². The zero-order valence-corrected chi connectivity index (χ0v) is 91.2. The summed E-state index contributed by atoms with van der Waals surface area (Å²) in [6, 6.07) is -2.21. The van der Waals surface area contributed by atoms with E-state index in [1.807, 2.05) is 129 Å². The lowest BCUT2D eigenvalue weighted by atomic mass is 9.94. The number of alkyl carbamates (subject to hydrolysis) is 1. The number of carbonyl (C=O) groups excluding carboxylic acids is 7. The summed E-state index contributed by atoms with van der Waals surface area (Å²) >= 11 is 0. The number of ether oxygens (including phenoxy) is 10. The monoisotopic (exact) mass is 1970 g/mol. The van der Waals surface area contributed by atoms with Crippen LogP contribution in [0.2, 0.25) is 0 Å². The van der Waals surface area contributed by atoms with Crippen molar-refractivity contribution < 1.29 is 111 Å². The molecule has 0 heterocycles. The van der Waals surface area contributed by atoms with E-state index in [9.17, 15) is 53.4 Å². The van der Waals surface area contributed by atoms with Gasteiger partial charge in [0.1, 0.15) is 30.3 Å². The van der Waals surface area contributed by atoms with Crippen molar-refractivity contribution in [2.75, 3.05) is 267 Å². The number of hydrogen-bond acceptors (Lipinski definition) is 28. The molecule has 0 saturated carbocycles. The van der Waals surface area contributed by atoms with Crippen LogP contribution >= 0.6 is 0 Å². The maximum atomic E-state index is 13.0. The van der Waals surface area contributed by atoms with E-state index in [1.54, 1.807) is 14.0 Å². The van der Waals surface area contributed by atoms with Crippen LogP contribution in [-0.2, 0) is 85.7 Å². The number of Topliss-reactive ketones (excluding diaryl/α,β-unsaturated/α-hetero) is 2. The predicted molar refractivity (Wildman–Crippen MR) is 551 cm³/mol. The normalized spacial score (nSPS) is 13.1. The Bertz CT molecular complexity index is 3090. The molecule has 0 spiro atoms. The number of ketones is 2. The van der Waals surface area contributed by atoms with Gasteiger partial charge in [0.05, 0.1) is 131 Å². The number of likely N-dealkylation sites (N-methyl/N-ethyl adjacent to an activating group) is 5. The van der Waals surface area contributed by atoms with Gasteiger partial charge in [-0.05, 0) is 216 Å². The number of amides is 5. The van der Waals surface area contributed by atoms with Crippen LogP contribution in [0.5, 0.6) is 0 Å². The number of carboxylic acid groups (broad SMARTS) is 2.